The van der Waals surface area contributed by atoms with E-state index in [1.165, 1.54) is 23.5 Å². The summed E-state index contributed by atoms with van der Waals surface area (Å²) in [5.74, 6) is -2.91. The van der Waals surface area contributed by atoms with E-state index in [9.17, 15) is 29.7 Å². The van der Waals surface area contributed by atoms with Gasteiger partial charge in [0.15, 0.2) is 0 Å². The van der Waals surface area contributed by atoms with E-state index in [1.54, 1.807) is 18.3 Å². The van der Waals surface area contributed by atoms with Crippen LogP contribution in [0.1, 0.15) is 62.4 Å². The number of aromatic carboxylic acids is 2. The van der Waals surface area contributed by atoms with Crippen molar-refractivity contribution in [2.75, 3.05) is 0 Å². The van der Waals surface area contributed by atoms with E-state index in [0.29, 0.717) is 17.7 Å². The first-order chi connectivity index (χ1) is 15.8. The van der Waals surface area contributed by atoms with Crippen molar-refractivity contribution in [3.05, 3.63) is 80.6 Å². The molecular formula is C24H24N2O6S. The molecule has 0 aliphatic rings. The molecule has 0 saturated carbocycles. The molecule has 33 heavy (non-hydrogen) atoms. The first-order valence-electron chi connectivity index (χ1n) is 10.4. The van der Waals surface area contributed by atoms with Gasteiger partial charge in [-0.3, -0.25) is 0 Å². The molecule has 3 aromatic rings. The summed E-state index contributed by atoms with van der Waals surface area (Å²) in [5.41, 5.74) is 0.809. The Labute approximate surface area is 194 Å². The largest absolute Gasteiger partial charge is 0.478 e. The number of hydrogen-bond donors (Lipinski definition) is 3. The summed E-state index contributed by atoms with van der Waals surface area (Å²) in [7, 11) is 0. The predicted octanol–water partition coefficient (Wildman–Crippen LogP) is 4.44. The lowest BCUT2D eigenvalue weighted by molar-refractivity contribution is -0.132. The molecule has 0 saturated heterocycles. The van der Waals surface area contributed by atoms with Crippen molar-refractivity contribution < 1.29 is 29.7 Å². The Bertz CT molecular complexity index is 1190. The second-order valence-corrected chi connectivity index (χ2v) is 8.54. The highest BCUT2D eigenvalue weighted by Crippen LogP contribution is 2.21. The van der Waals surface area contributed by atoms with E-state index in [0.717, 1.165) is 23.5 Å². The molecule has 0 unspecified atom stereocenters. The molecule has 0 bridgehead atoms. The summed E-state index contributed by atoms with van der Waals surface area (Å²) in [6, 6.07) is 7.93. The highest BCUT2D eigenvalue weighted by molar-refractivity contribution is 7.09. The second-order valence-electron chi connectivity index (χ2n) is 7.51. The van der Waals surface area contributed by atoms with Crippen LogP contribution in [-0.2, 0) is 24.2 Å². The van der Waals surface area contributed by atoms with E-state index in [1.807, 2.05) is 22.1 Å². The number of nitrogens with zero attached hydrogens (tertiary/aromatic N) is 2. The number of carboxylic acid groups (broad SMARTS) is 3. The number of hydrogen-bond acceptors (Lipinski definition) is 5. The third kappa shape index (κ3) is 5.95. The zero-order valence-corrected chi connectivity index (χ0v) is 18.8. The Morgan fingerprint density at radius 3 is 2.45 bits per heavy atom. The van der Waals surface area contributed by atoms with E-state index < -0.39 is 17.9 Å². The molecule has 1 aromatic carbocycles. The van der Waals surface area contributed by atoms with Crippen molar-refractivity contribution >= 4 is 35.3 Å². The molecule has 0 fully saturated rings. The van der Waals surface area contributed by atoms with E-state index in [2.05, 4.69) is 11.9 Å². The van der Waals surface area contributed by atoms with Crippen molar-refractivity contribution in [3.8, 4) is 0 Å². The third-order valence-corrected chi connectivity index (χ3v) is 6.03. The van der Waals surface area contributed by atoms with Gasteiger partial charge in [0, 0.05) is 29.8 Å². The fourth-order valence-corrected chi connectivity index (χ4v) is 4.19. The second kappa shape index (κ2) is 10.7. The minimum atomic E-state index is -1.32. The van der Waals surface area contributed by atoms with Crippen molar-refractivity contribution in [1.29, 1.82) is 0 Å². The van der Waals surface area contributed by atoms with Gasteiger partial charge >= 0.3 is 17.9 Å². The average Bonchev–Trinajstić information content (AvgIpc) is 3.42. The van der Waals surface area contributed by atoms with Gasteiger partial charge in [0.1, 0.15) is 5.82 Å². The van der Waals surface area contributed by atoms with Crippen molar-refractivity contribution in [3.63, 3.8) is 0 Å². The predicted molar refractivity (Wildman–Crippen MR) is 124 cm³/mol. The summed E-state index contributed by atoms with van der Waals surface area (Å²) >= 11 is 1.48. The fraction of sp³-hybridized carbons (Fsp3) is 0.250. The molecule has 8 nitrogen and oxygen atoms in total. The minimum absolute atomic E-state index is 0.216. The summed E-state index contributed by atoms with van der Waals surface area (Å²) in [5, 5.41) is 30.3. The standard InChI is InChI=1S/C24H24N2O6S/c1-2-3-6-21-25-13-17(11-16(22(27)28)12-18-5-4-9-33-18)26(21)14-15-7-8-19(23(29)30)20(10-15)24(31)32/h4-5,7-11,13H,2-3,6,12,14H2,1H3,(H,27,28)(H,29,30)(H,31,32). The molecule has 0 radical (unpaired) electrons. The molecule has 0 aliphatic carbocycles. The SMILES string of the molecule is CCCCc1ncc(C=C(Cc2cccs2)C(=O)O)n1Cc1ccc(C(=O)O)c(C(=O)O)c1. The Hall–Kier alpha value is -3.72. The number of benzene rings is 1. The van der Waals surface area contributed by atoms with Gasteiger partial charge < -0.3 is 19.9 Å². The van der Waals surface area contributed by atoms with Gasteiger partial charge in [-0.2, -0.15) is 0 Å². The molecule has 2 aromatic heterocycles. The first-order valence-corrected chi connectivity index (χ1v) is 11.3. The third-order valence-electron chi connectivity index (χ3n) is 5.15. The smallest absolute Gasteiger partial charge is 0.336 e. The normalized spacial score (nSPS) is 11.5. The van der Waals surface area contributed by atoms with Crippen LogP contribution < -0.4 is 0 Å². The number of carbonyl (C=O) groups is 3. The summed E-state index contributed by atoms with van der Waals surface area (Å²) < 4.78 is 1.86. The highest BCUT2D eigenvalue weighted by atomic mass is 32.1. The van der Waals surface area contributed by atoms with Crippen molar-refractivity contribution in [2.45, 2.75) is 39.2 Å². The summed E-state index contributed by atoms with van der Waals surface area (Å²) in [4.78, 5) is 40.2. The van der Waals surface area contributed by atoms with Crippen LogP contribution in [0.3, 0.4) is 0 Å². The topological polar surface area (TPSA) is 130 Å². The van der Waals surface area contributed by atoms with E-state index in [-0.39, 0.29) is 29.7 Å². The maximum absolute atomic E-state index is 11.9. The van der Waals surface area contributed by atoms with E-state index in [4.69, 9.17) is 0 Å². The molecule has 0 amide bonds. The number of aromatic nitrogens is 2. The van der Waals surface area contributed by atoms with Crippen molar-refractivity contribution in [1.82, 2.24) is 9.55 Å². The van der Waals surface area contributed by atoms with Crippen LogP contribution >= 0.6 is 11.3 Å². The molecule has 2 heterocycles. The summed E-state index contributed by atoms with van der Waals surface area (Å²) in [6.07, 6.45) is 6.00. The molecule has 0 atom stereocenters. The van der Waals surface area contributed by atoms with Gasteiger partial charge in [0.05, 0.1) is 23.0 Å². The van der Waals surface area contributed by atoms with Gasteiger partial charge in [-0.05, 0) is 41.6 Å². The number of rotatable bonds is 11. The average molecular weight is 469 g/mol. The fourth-order valence-electron chi connectivity index (χ4n) is 3.46. The van der Waals surface area contributed by atoms with Gasteiger partial charge in [-0.15, -0.1) is 11.3 Å². The molecule has 0 aliphatic heterocycles. The molecular weight excluding hydrogens is 444 g/mol. The lowest BCUT2D eigenvalue weighted by Crippen LogP contribution is -2.12. The Kier molecular flexibility index (Phi) is 7.78. The van der Waals surface area contributed by atoms with Crippen LogP contribution in [0.15, 0.2) is 47.5 Å². The quantitative estimate of drug-likeness (QED) is 0.355. The first kappa shape index (κ1) is 23.9. The number of aryl methyl sites for hydroxylation is 1. The molecule has 3 N–H and O–H groups in total. The van der Waals surface area contributed by atoms with Crippen LogP contribution in [0.4, 0.5) is 0 Å². The number of unbranched alkanes of at least 4 members (excludes halogenated alkanes) is 1. The van der Waals surface area contributed by atoms with Gasteiger partial charge in [-0.1, -0.05) is 25.5 Å². The number of thiophene rings is 1. The van der Waals surface area contributed by atoms with Crippen LogP contribution in [0.25, 0.3) is 6.08 Å². The molecule has 3 rings (SSSR count). The molecule has 172 valence electrons. The molecule has 9 heteroatoms. The lowest BCUT2D eigenvalue weighted by atomic mass is 10.0. The van der Waals surface area contributed by atoms with Gasteiger partial charge in [-0.25, -0.2) is 19.4 Å². The van der Waals surface area contributed by atoms with Crippen LogP contribution in [0.2, 0.25) is 0 Å². The minimum Gasteiger partial charge on any atom is -0.478 e. The van der Waals surface area contributed by atoms with Crippen LogP contribution in [0.5, 0.6) is 0 Å². The Morgan fingerprint density at radius 1 is 1.09 bits per heavy atom. The monoisotopic (exact) mass is 468 g/mol. The Balaban J connectivity index is 2.02. The molecule has 0 spiro atoms. The van der Waals surface area contributed by atoms with Crippen LogP contribution in [0, 0.1) is 0 Å². The summed E-state index contributed by atoms with van der Waals surface area (Å²) in [6.45, 7) is 2.29. The maximum Gasteiger partial charge on any atom is 0.336 e. The van der Waals surface area contributed by atoms with Crippen LogP contribution in [-0.4, -0.2) is 42.8 Å². The van der Waals surface area contributed by atoms with Gasteiger partial charge in [0.2, 0.25) is 0 Å². The number of aliphatic carboxylic acids is 1. The maximum atomic E-state index is 11.9. The van der Waals surface area contributed by atoms with Gasteiger partial charge in [0.25, 0.3) is 0 Å². The number of carboxylic acids is 3. The zero-order chi connectivity index (χ0) is 24.0. The highest BCUT2D eigenvalue weighted by Gasteiger charge is 2.18. The van der Waals surface area contributed by atoms with Crippen molar-refractivity contribution in [2.24, 2.45) is 0 Å². The Morgan fingerprint density at radius 2 is 1.85 bits per heavy atom. The number of imidazole rings is 1. The lowest BCUT2D eigenvalue weighted by Gasteiger charge is -2.13. The zero-order valence-electron chi connectivity index (χ0n) is 18.0. The van der Waals surface area contributed by atoms with E-state index >= 15 is 0 Å².